The molecule has 0 atom stereocenters. The standard InChI is InChI=1S/C22H33N3O/c1-21(12-7-13-21)16-24-20(26)25(23(2)3)17-22(24)14-10-19(11-15-22)18-8-5-4-6-9-18/h4-6,8-9,19H,7,10-17H2,1-3H3. The second-order valence-electron chi connectivity index (χ2n) is 9.35. The first-order valence-electron chi connectivity index (χ1n) is 10.2. The van der Waals surface area contributed by atoms with Gasteiger partial charge in [0.15, 0.2) is 0 Å². The molecule has 142 valence electrons. The molecular weight excluding hydrogens is 322 g/mol. The molecule has 0 radical (unpaired) electrons. The van der Waals surface area contributed by atoms with Crippen LogP contribution in [0, 0.1) is 5.41 Å². The van der Waals surface area contributed by atoms with Crippen molar-refractivity contribution in [2.24, 2.45) is 5.41 Å². The highest BCUT2D eigenvalue weighted by Crippen LogP contribution is 2.48. The van der Waals surface area contributed by atoms with Gasteiger partial charge in [-0.05, 0) is 55.4 Å². The number of rotatable bonds is 4. The summed E-state index contributed by atoms with van der Waals surface area (Å²) in [6, 6.07) is 11.1. The molecule has 4 rings (SSSR count). The molecule has 0 N–H and O–H groups in total. The van der Waals surface area contributed by atoms with E-state index in [0.717, 1.165) is 25.9 Å². The summed E-state index contributed by atoms with van der Waals surface area (Å²) in [7, 11) is 3.99. The van der Waals surface area contributed by atoms with E-state index in [0.29, 0.717) is 11.3 Å². The molecule has 1 aromatic carbocycles. The van der Waals surface area contributed by atoms with Gasteiger partial charge in [0.05, 0.1) is 12.1 Å². The first-order valence-corrected chi connectivity index (χ1v) is 10.2. The van der Waals surface area contributed by atoms with Gasteiger partial charge in [-0.2, -0.15) is 0 Å². The number of hydrazine groups is 1. The lowest BCUT2D eigenvalue weighted by Crippen LogP contribution is -2.53. The summed E-state index contributed by atoms with van der Waals surface area (Å²) in [5.74, 6) is 0.645. The molecule has 2 saturated carbocycles. The number of carbonyl (C=O) groups is 1. The van der Waals surface area contributed by atoms with Gasteiger partial charge in [-0.3, -0.25) is 5.01 Å². The van der Waals surface area contributed by atoms with Gasteiger partial charge in [-0.25, -0.2) is 9.80 Å². The van der Waals surface area contributed by atoms with Crippen LogP contribution >= 0.6 is 0 Å². The maximum absolute atomic E-state index is 13.2. The smallest absolute Gasteiger partial charge is 0.315 e. The molecule has 1 saturated heterocycles. The average molecular weight is 356 g/mol. The van der Waals surface area contributed by atoms with Crippen molar-refractivity contribution in [3.63, 3.8) is 0 Å². The van der Waals surface area contributed by atoms with E-state index < -0.39 is 0 Å². The van der Waals surface area contributed by atoms with Gasteiger partial charge in [0.1, 0.15) is 0 Å². The normalized spacial score (nSPS) is 30.9. The van der Waals surface area contributed by atoms with Crippen molar-refractivity contribution in [3.8, 4) is 0 Å². The summed E-state index contributed by atoms with van der Waals surface area (Å²) in [6.07, 6.45) is 8.47. The van der Waals surface area contributed by atoms with Crippen LogP contribution in [0.2, 0.25) is 0 Å². The number of urea groups is 1. The number of hydrogen-bond donors (Lipinski definition) is 0. The average Bonchev–Trinajstić information content (AvgIpc) is 2.88. The minimum Gasteiger partial charge on any atom is -0.315 e. The van der Waals surface area contributed by atoms with Gasteiger partial charge in [-0.15, -0.1) is 0 Å². The van der Waals surface area contributed by atoms with E-state index in [1.165, 1.54) is 37.7 Å². The number of benzene rings is 1. The number of hydrogen-bond acceptors (Lipinski definition) is 2. The Hall–Kier alpha value is -1.55. The fourth-order valence-corrected chi connectivity index (χ4v) is 5.28. The second kappa shape index (κ2) is 6.56. The first-order chi connectivity index (χ1) is 12.4. The van der Waals surface area contributed by atoms with Crippen LogP contribution in [0.25, 0.3) is 0 Å². The van der Waals surface area contributed by atoms with E-state index in [9.17, 15) is 4.79 Å². The highest BCUT2D eigenvalue weighted by Gasteiger charge is 2.53. The van der Waals surface area contributed by atoms with Crippen molar-refractivity contribution in [1.29, 1.82) is 0 Å². The van der Waals surface area contributed by atoms with Crippen molar-refractivity contribution in [1.82, 2.24) is 14.9 Å². The molecule has 3 aliphatic rings. The highest BCUT2D eigenvalue weighted by molar-refractivity contribution is 5.78. The molecule has 1 aliphatic heterocycles. The summed E-state index contributed by atoms with van der Waals surface area (Å²) in [6.45, 7) is 4.16. The zero-order valence-corrected chi connectivity index (χ0v) is 16.6. The monoisotopic (exact) mass is 355 g/mol. The lowest BCUT2D eigenvalue weighted by molar-refractivity contribution is 0.0401. The molecule has 1 heterocycles. The third kappa shape index (κ3) is 3.02. The fraction of sp³-hybridized carbons (Fsp3) is 0.682. The SMILES string of the molecule is CN(C)N1CC2(CCC(c3ccccc3)CC2)N(CC2(C)CCC2)C1=O. The van der Waals surface area contributed by atoms with Crippen molar-refractivity contribution in [3.05, 3.63) is 35.9 Å². The maximum atomic E-state index is 13.2. The fourth-order valence-electron chi connectivity index (χ4n) is 5.28. The first kappa shape index (κ1) is 17.8. The predicted molar refractivity (Wildman–Crippen MR) is 105 cm³/mol. The molecule has 0 bridgehead atoms. The Bertz CT molecular complexity index is 645. The summed E-state index contributed by atoms with van der Waals surface area (Å²) >= 11 is 0. The van der Waals surface area contributed by atoms with Crippen LogP contribution in [-0.4, -0.2) is 53.7 Å². The Kier molecular flexibility index (Phi) is 4.50. The molecular formula is C22H33N3O. The van der Waals surface area contributed by atoms with Gasteiger partial charge < -0.3 is 4.90 Å². The molecule has 2 amide bonds. The molecule has 2 aliphatic carbocycles. The number of carbonyl (C=O) groups excluding carboxylic acids is 1. The van der Waals surface area contributed by atoms with Crippen LogP contribution in [0.4, 0.5) is 4.79 Å². The predicted octanol–water partition coefficient (Wildman–Crippen LogP) is 4.49. The van der Waals surface area contributed by atoms with Gasteiger partial charge in [0.2, 0.25) is 0 Å². The van der Waals surface area contributed by atoms with Gasteiger partial charge in [-0.1, -0.05) is 43.7 Å². The molecule has 3 fully saturated rings. The van der Waals surface area contributed by atoms with E-state index in [2.05, 4.69) is 42.2 Å². The van der Waals surface area contributed by atoms with Gasteiger partial charge in [0.25, 0.3) is 0 Å². The summed E-state index contributed by atoms with van der Waals surface area (Å²) in [5, 5.41) is 3.95. The zero-order valence-electron chi connectivity index (χ0n) is 16.6. The minimum atomic E-state index is 0.0330. The zero-order chi connectivity index (χ0) is 18.4. The van der Waals surface area contributed by atoms with Crippen LogP contribution in [0.1, 0.15) is 63.4 Å². The quantitative estimate of drug-likeness (QED) is 0.796. The van der Waals surface area contributed by atoms with E-state index in [1.54, 1.807) is 0 Å². The molecule has 4 nitrogen and oxygen atoms in total. The molecule has 0 unspecified atom stereocenters. The van der Waals surface area contributed by atoms with E-state index in [1.807, 2.05) is 24.1 Å². The highest BCUT2D eigenvalue weighted by atomic mass is 16.2. The second-order valence-corrected chi connectivity index (χ2v) is 9.35. The third-order valence-electron chi connectivity index (χ3n) is 7.24. The molecule has 4 heteroatoms. The van der Waals surface area contributed by atoms with E-state index in [4.69, 9.17) is 0 Å². The Balaban J connectivity index is 1.53. The van der Waals surface area contributed by atoms with Crippen molar-refractivity contribution < 1.29 is 4.79 Å². The largest absolute Gasteiger partial charge is 0.335 e. The molecule has 26 heavy (non-hydrogen) atoms. The number of amides is 2. The van der Waals surface area contributed by atoms with Crippen molar-refractivity contribution >= 4 is 6.03 Å². The van der Waals surface area contributed by atoms with Gasteiger partial charge in [0, 0.05) is 20.6 Å². The topological polar surface area (TPSA) is 26.8 Å². The Morgan fingerprint density at radius 2 is 1.73 bits per heavy atom. The summed E-state index contributed by atoms with van der Waals surface area (Å²) < 4.78 is 0. The molecule has 1 spiro atoms. The Labute approximate surface area is 158 Å². The van der Waals surface area contributed by atoms with Crippen LogP contribution in [-0.2, 0) is 0 Å². The number of nitrogens with zero attached hydrogens (tertiary/aromatic N) is 3. The molecule has 0 aromatic heterocycles. The third-order valence-corrected chi connectivity index (χ3v) is 7.24. The summed E-state index contributed by atoms with van der Waals surface area (Å²) in [5.41, 5.74) is 1.83. The van der Waals surface area contributed by atoms with Crippen molar-refractivity contribution in [2.45, 2.75) is 63.3 Å². The van der Waals surface area contributed by atoms with E-state index in [-0.39, 0.29) is 11.6 Å². The van der Waals surface area contributed by atoms with Crippen molar-refractivity contribution in [2.75, 3.05) is 27.2 Å². The van der Waals surface area contributed by atoms with Crippen LogP contribution < -0.4 is 0 Å². The maximum Gasteiger partial charge on any atom is 0.335 e. The Morgan fingerprint density at radius 3 is 2.27 bits per heavy atom. The van der Waals surface area contributed by atoms with Gasteiger partial charge >= 0.3 is 6.03 Å². The lowest BCUT2D eigenvalue weighted by atomic mass is 9.68. The Morgan fingerprint density at radius 1 is 1.08 bits per heavy atom. The minimum absolute atomic E-state index is 0.0330. The van der Waals surface area contributed by atoms with Crippen LogP contribution in [0.5, 0.6) is 0 Å². The summed E-state index contributed by atoms with van der Waals surface area (Å²) in [4.78, 5) is 15.5. The lowest BCUT2D eigenvalue weighted by Gasteiger charge is -2.48. The molecule has 1 aromatic rings. The van der Waals surface area contributed by atoms with Crippen LogP contribution in [0.15, 0.2) is 30.3 Å². The van der Waals surface area contributed by atoms with E-state index >= 15 is 0 Å². The van der Waals surface area contributed by atoms with Crippen LogP contribution in [0.3, 0.4) is 0 Å².